The molecule has 6 heteroatoms. The molecular formula is C33H34N2O4. The first kappa shape index (κ1) is 27.5. The van der Waals surface area contributed by atoms with Gasteiger partial charge in [-0.15, -0.1) is 0 Å². The zero-order valence-electron chi connectivity index (χ0n) is 22.2. The highest BCUT2D eigenvalue weighted by Gasteiger charge is 2.30. The Balaban J connectivity index is 1.57. The molecule has 0 heterocycles. The number of amides is 2. The van der Waals surface area contributed by atoms with Crippen molar-refractivity contribution in [2.45, 2.75) is 25.4 Å². The molecule has 0 spiro atoms. The summed E-state index contributed by atoms with van der Waals surface area (Å²) in [6.45, 7) is 0.548. The van der Waals surface area contributed by atoms with Gasteiger partial charge in [-0.05, 0) is 47.4 Å². The number of methoxy groups -OCH3 is 1. The third-order valence-corrected chi connectivity index (χ3v) is 6.44. The van der Waals surface area contributed by atoms with Gasteiger partial charge in [-0.1, -0.05) is 91.0 Å². The van der Waals surface area contributed by atoms with Crippen LogP contribution in [0.3, 0.4) is 0 Å². The molecule has 0 fully saturated rings. The van der Waals surface area contributed by atoms with Crippen LogP contribution in [-0.4, -0.2) is 43.0 Å². The number of ether oxygens (including phenoxy) is 2. The van der Waals surface area contributed by atoms with Crippen LogP contribution in [0.2, 0.25) is 0 Å². The number of hydrogen-bond donors (Lipinski definition) is 1. The van der Waals surface area contributed by atoms with Gasteiger partial charge in [-0.2, -0.15) is 0 Å². The summed E-state index contributed by atoms with van der Waals surface area (Å²) in [4.78, 5) is 29.0. The van der Waals surface area contributed by atoms with Gasteiger partial charge in [0.2, 0.25) is 5.91 Å². The van der Waals surface area contributed by atoms with Crippen molar-refractivity contribution >= 4 is 11.8 Å². The molecule has 6 nitrogen and oxygen atoms in total. The fourth-order valence-corrected chi connectivity index (χ4v) is 4.32. The third kappa shape index (κ3) is 8.47. The van der Waals surface area contributed by atoms with Crippen LogP contribution in [0.5, 0.6) is 11.5 Å². The van der Waals surface area contributed by atoms with E-state index >= 15 is 0 Å². The van der Waals surface area contributed by atoms with E-state index in [-0.39, 0.29) is 25.0 Å². The van der Waals surface area contributed by atoms with Crippen molar-refractivity contribution in [2.24, 2.45) is 0 Å². The topological polar surface area (TPSA) is 67.9 Å². The van der Waals surface area contributed by atoms with E-state index in [1.807, 2.05) is 103 Å². The minimum absolute atomic E-state index is 0.178. The van der Waals surface area contributed by atoms with Crippen LogP contribution < -0.4 is 14.8 Å². The number of rotatable bonds is 13. The maximum atomic E-state index is 13.7. The van der Waals surface area contributed by atoms with Gasteiger partial charge in [0, 0.05) is 19.5 Å². The Labute approximate surface area is 230 Å². The summed E-state index contributed by atoms with van der Waals surface area (Å²) in [6.07, 6.45) is 1.08. The van der Waals surface area contributed by atoms with Gasteiger partial charge in [0.05, 0.1) is 7.11 Å². The number of carbonyl (C=O) groups excluding carboxylic acids is 2. The van der Waals surface area contributed by atoms with E-state index in [4.69, 9.17) is 9.47 Å². The van der Waals surface area contributed by atoms with Crippen LogP contribution in [0, 0.1) is 0 Å². The van der Waals surface area contributed by atoms with Gasteiger partial charge in [0.15, 0.2) is 6.61 Å². The lowest BCUT2D eigenvalue weighted by Gasteiger charge is -2.31. The number of nitrogens with one attached hydrogen (secondary N) is 1. The van der Waals surface area contributed by atoms with Crippen molar-refractivity contribution in [1.82, 2.24) is 10.2 Å². The summed E-state index contributed by atoms with van der Waals surface area (Å²) in [5, 5.41) is 3.07. The lowest BCUT2D eigenvalue weighted by atomic mass is 10.0. The second kappa shape index (κ2) is 14.4. The maximum Gasteiger partial charge on any atom is 0.261 e. The average molecular weight is 523 g/mol. The molecule has 0 aliphatic heterocycles. The lowest BCUT2D eigenvalue weighted by molar-refractivity contribution is -0.142. The molecule has 2 amide bonds. The molecule has 4 aromatic rings. The average Bonchev–Trinajstić information content (AvgIpc) is 2.99. The van der Waals surface area contributed by atoms with Gasteiger partial charge in [0.1, 0.15) is 17.5 Å². The largest absolute Gasteiger partial charge is 0.497 e. The third-order valence-electron chi connectivity index (χ3n) is 6.44. The van der Waals surface area contributed by atoms with Crippen molar-refractivity contribution in [3.63, 3.8) is 0 Å². The first-order valence-corrected chi connectivity index (χ1v) is 13.1. The summed E-state index contributed by atoms with van der Waals surface area (Å²) in [5.41, 5.74) is 3.00. The van der Waals surface area contributed by atoms with Gasteiger partial charge >= 0.3 is 0 Å². The van der Waals surface area contributed by atoms with E-state index in [9.17, 15) is 9.59 Å². The Morgan fingerprint density at radius 3 is 1.92 bits per heavy atom. The van der Waals surface area contributed by atoms with E-state index in [1.165, 1.54) is 0 Å². The van der Waals surface area contributed by atoms with Crippen molar-refractivity contribution in [3.05, 3.63) is 132 Å². The molecule has 0 bridgehead atoms. The van der Waals surface area contributed by atoms with E-state index < -0.39 is 6.04 Å². The highest BCUT2D eigenvalue weighted by molar-refractivity contribution is 5.88. The normalized spacial score (nSPS) is 11.3. The Morgan fingerprint density at radius 1 is 0.718 bits per heavy atom. The van der Waals surface area contributed by atoms with Gasteiger partial charge in [-0.3, -0.25) is 9.59 Å². The van der Waals surface area contributed by atoms with Crippen LogP contribution >= 0.6 is 0 Å². The first-order valence-electron chi connectivity index (χ1n) is 13.1. The number of benzene rings is 4. The van der Waals surface area contributed by atoms with Gasteiger partial charge < -0.3 is 19.7 Å². The quantitative estimate of drug-likeness (QED) is 0.266. The summed E-state index contributed by atoms with van der Waals surface area (Å²) in [5.74, 6) is 0.857. The molecule has 1 atom stereocenters. The fraction of sp³-hybridized carbons (Fsp3) is 0.212. The van der Waals surface area contributed by atoms with E-state index in [0.717, 1.165) is 22.4 Å². The van der Waals surface area contributed by atoms with Crippen LogP contribution in [0.1, 0.15) is 16.7 Å². The van der Waals surface area contributed by atoms with E-state index in [1.54, 1.807) is 24.1 Å². The Morgan fingerprint density at radius 2 is 1.31 bits per heavy atom. The molecule has 0 saturated heterocycles. The monoisotopic (exact) mass is 522 g/mol. The summed E-state index contributed by atoms with van der Waals surface area (Å²) >= 11 is 0. The minimum Gasteiger partial charge on any atom is -0.497 e. The second-order valence-electron chi connectivity index (χ2n) is 9.20. The standard InChI is InChI=1S/C33H34N2O4/c1-38-29-19-17-28(18-20-29)24-35(32(36)25-39-30-15-9-4-10-16-30)31(23-27-13-7-3-8-14-27)33(37)34-22-21-26-11-5-2-6-12-26/h2-20,31H,21-25H2,1H3,(H,34,37)/t31-/m1/s1. The lowest BCUT2D eigenvalue weighted by Crippen LogP contribution is -2.52. The minimum atomic E-state index is -0.725. The SMILES string of the molecule is COc1ccc(CN(C(=O)COc2ccccc2)[C@H](Cc2ccccc2)C(=O)NCCc2ccccc2)cc1. The number of carbonyl (C=O) groups is 2. The molecule has 0 unspecified atom stereocenters. The fourth-order valence-electron chi connectivity index (χ4n) is 4.32. The number of hydrogen-bond acceptors (Lipinski definition) is 4. The molecule has 4 aromatic carbocycles. The van der Waals surface area contributed by atoms with E-state index in [2.05, 4.69) is 5.32 Å². The van der Waals surface area contributed by atoms with Crippen molar-refractivity contribution in [1.29, 1.82) is 0 Å². The van der Waals surface area contributed by atoms with Crippen molar-refractivity contribution in [3.8, 4) is 11.5 Å². The first-order chi connectivity index (χ1) is 19.1. The predicted octanol–water partition coefficient (Wildman–Crippen LogP) is 5.07. The Hall–Kier alpha value is -4.58. The van der Waals surface area contributed by atoms with Gasteiger partial charge in [0.25, 0.3) is 5.91 Å². The summed E-state index contributed by atoms with van der Waals surface area (Å²) < 4.78 is 11.1. The van der Waals surface area contributed by atoms with Gasteiger partial charge in [-0.25, -0.2) is 0 Å². The Bertz CT molecular complexity index is 1300. The van der Waals surface area contributed by atoms with E-state index in [0.29, 0.717) is 25.1 Å². The maximum absolute atomic E-state index is 13.7. The summed E-state index contributed by atoms with van der Waals surface area (Å²) in [6, 6.07) is 35.8. The van der Waals surface area contributed by atoms with Crippen molar-refractivity contribution in [2.75, 3.05) is 20.3 Å². The van der Waals surface area contributed by atoms with Crippen LogP contribution in [-0.2, 0) is 29.0 Å². The molecule has 0 aliphatic rings. The molecule has 0 aromatic heterocycles. The molecule has 200 valence electrons. The molecule has 0 radical (unpaired) electrons. The van der Waals surface area contributed by atoms with Crippen LogP contribution in [0.4, 0.5) is 0 Å². The van der Waals surface area contributed by atoms with Crippen molar-refractivity contribution < 1.29 is 19.1 Å². The molecule has 39 heavy (non-hydrogen) atoms. The molecular weight excluding hydrogens is 488 g/mol. The van der Waals surface area contributed by atoms with Crippen LogP contribution in [0.15, 0.2) is 115 Å². The highest BCUT2D eigenvalue weighted by Crippen LogP contribution is 2.18. The number of para-hydroxylation sites is 1. The number of nitrogens with zero attached hydrogens (tertiary/aromatic N) is 1. The zero-order chi connectivity index (χ0) is 27.3. The molecule has 1 N–H and O–H groups in total. The highest BCUT2D eigenvalue weighted by atomic mass is 16.5. The summed E-state index contributed by atoms with van der Waals surface area (Å²) in [7, 11) is 1.61. The zero-order valence-corrected chi connectivity index (χ0v) is 22.2. The predicted molar refractivity (Wildman–Crippen MR) is 153 cm³/mol. The Kier molecular flexibility index (Phi) is 10.1. The molecule has 0 saturated carbocycles. The molecule has 4 rings (SSSR count). The molecule has 0 aliphatic carbocycles. The second-order valence-corrected chi connectivity index (χ2v) is 9.20. The van der Waals surface area contributed by atoms with Crippen LogP contribution in [0.25, 0.3) is 0 Å². The smallest absolute Gasteiger partial charge is 0.261 e.